The first-order valence-corrected chi connectivity index (χ1v) is 9.64. The van der Waals surface area contributed by atoms with Crippen LogP contribution in [0.2, 0.25) is 0 Å². The fourth-order valence-corrected chi connectivity index (χ4v) is 2.98. The molecular weight excluding hydrogens is 356 g/mol. The molecule has 1 atom stereocenters. The number of carbonyl (C=O) groups excluding carboxylic acids is 1. The number of amides is 1. The zero-order chi connectivity index (χ0) is 19.9. The lowest BCUT2D eigenvalue weighted by Gasteiger charge is -2.17. The number of hydrogen-bond acceptors (Lipinski definition) is 5. The highest BCUT2D eigenvalue weighted by Gasteiger charge is 2.14. The summed E-state index contributed by atoms with van der Waals surface area (Å²) in [5, 5.41) is 3.02. The van der Waals surface area contributed by atoms with Crippen LogP contribution in [0.3, 0.4) is 0 Å². The number of fused-ring (bicyclic) bond motifs is 1. The Morgan fingerprint density at radius 3 is 2.61 bits per heavy atom. The molecule has 0 aliphatic heterocycles. The number of rotatable bonds is 9. The molecule has 0 aliphatic rings. The number of ether oxygens (including phenoxy) is 2. The average Bonchev–Trinajstić information content (AvgIpc) is 3.11. The predicted molar refractivity (Wildman–Crippen MR) is 108 cm³/mol. The number of para-hydroxylation sites is 2. The van der Waals surface area contributed by atoms with Crippen LogP contribution >= 0.6 is 0 Å². The summed E-state index contributed by atoms with van der Waals surface area (Å²) in [4.78, 5) is 16.8. The van der Waals surface area contributed by atoms with Crippen LogP contribution in [0.5, 0.6) is 11.5 Å². The second kappa shape index (κ2) is 9.26. The van der Waals surface area contributed by atoms with E-state index in [9.17, 15) is 4.79 Å². The van der Waals surface area contributed by atoms with E-state index < -0.39 is 0 Å². The largest absolute Gasteiger partial charge is 0.490 e. The molecule has 2 aromatic carbocycles. The topological polar surface area (TPSA) is 73.6 Å². The Morgan fingerprint density at radius 1 is 1.11 bits per heavy atom. The Bertz CT molecular complexity index is 902. The van der Waals surface area contributed by atoms with Crippen molar-refractivity contribution in [1.29, 1.82) is 0 Å². The van der Waals surface area contributed by atoms with Gasteiger partial charge in [0.25, 0.3) is 0 Å². The van der Waals surface area contributed by atoms with Crippen LogP contribution in [-0.4, -0.2) is 24.1 Å². The maximum absolute atomic E-state index is 12.4. The van der Waals surface area contributed by atoms with Gasteiger partial charge < -0.3 is 19.2 Å². The third kappa shape index (κ3) is 4.82. The van der Waals surface area contributed by atoms with E-state index in [0.29, 0.717) is 43.4 Å². The van der Waals surface area contributed by atoms with Crippen molar-refractivity contribution >= 4 is 17.0 Å². The molecule has 0 saturated heterocycles. The van der Waals surface area contributed by atoms with Gasteiger partial charge in [-0.2, -0.15) is 0 Å². The van der Waals surface area contributed by atoms with Crippen LogP contribution in [-0.2, 0) is 11.2 Å². The van der Waals surface area contributed by atoms with Crippen LogP contribution in [0.1, 0.15) is 44.7 Å². The van der Waals surface area contributed by atoms with Gasteiger partial charge in [0.15, 0.2) is 23.0 Å². The number of benzene rings is 2. The third-order valence-corrected chi connectivity index (χ3v) is 4.35. The van der Waals surface area contributed by atoms with E-state index in [2.05, 4.69) is 10.3 Å². The minimum Gasteiger partial charge on any atom is -0.490 e. The molecule has 148 valence electrons. The fraction of sp³-hybridized carbons (Fsp3) is 0.364. The Hall–Kier alpha value is -3.02. The van der Waals surface area contributed by atoms with Gasteiger partial charge in [-0.3, -0.25) is 4.79 Å². The second-order valence-electron chi connectivity index (χ2n) is 6.44. The zero-order valence-corrected chi connectivity index (χ0v) is 16.5. The molecule has 1 amide bonds. The maximum Gasteiger partial charge on any atom is 0.220 e. The van der Waals surface area contributed by atoms with Gasteiger partial charge in [0.05, 0.1) is 19.3 Å². The molecular formula is C22H26N2O4. The number of aryl methyl sites for hydroxylation is 1. The molecule has 0 saturated carbocycles. The van der Waals surface area contributed by atoms with Gasteiger partial charge in [-0.1, -0.05) is 18.2 Å². The van der Waals surface area contributed by atoms with Gasteiger partial charge >= 0.3 is 0 Å². The first kappa shape index (κ1) is 19.7. The Labute approximate surface area is 164 Å². The monoisotopic (exact) mass is 382 g/mol. The van der Waals surface area contributed by atoms with Gasteiger partial charge in [0.1, 0.15) is 5.52 Å². The molecule has 0 spiro atoms. The van der Waals surface area contributed by atoms with Crippen molar-refractivity contribution in [3.63, 3.8) is 0 Å². The summed E-state index contributed by atoms with van der Waals surface area (Å²) < 4.78 is 16.9. The van der Waals surface area contributed by atoms with Crippen molar-refractivity contribution in [3.8, 4) is 11.5 Å². The third-order valence-electron chi connectivity index (χ3n) is 4.35. The molecule has 6 heteroatoms. The van der Waals surface area contributed by atoms with E-state index in [-0.39, 0.29) is 11.9 Å². The summed E-state index contributed by atoms with van der Waals surface area (Å²) in [5.74, 6) is 1.92. The summed E-state index contributed by atoms with van der Waals surface area (Å²) in [6.07, 6.45) is 0.771. The predicted octanol–water partition coefficient (Wildman–Crippen LogP) is 4.44. The summed E-state index contributed by atoms with van der Waals surface area (Å²) in [6.45, 7) is 6.93. The van der Waals surface area contributed by atoms with Crippen molar-refractivity contribution in [2.24, 2.45) is 0 Å². The lowest BCUT2D eigenvalue weighted by molar-refractivity contribution is -0.121. The fourth-order valence-electron chi connectivity index (χ4n) is 2.98. The smallest absolute Gasteiger partial charge is 0.220 e. The summed E-state index contributed by atoms with van der Waals surface area (Å²) in [7, 11) is 0. The summed E-state index contributed by atoms with van der Waals surface area (Å²) in [6, 6.07) is 13.2. The molecule has 0 radical (unpaired) electrons. The van der Waals surface area contributed by atoms with Crippen molar-refractivity contribution in [2.45, 2.75) is 39.7 Å². The molecule has 0 aliphatic carbocycles. The SMILES string of the molecule is CCOc1ccc([C@@H](C)NC(=O)CCc2nc3ccccc3o2)cc1OCC. The first-order chi connectivity index (χ1) is 13.6. The second-order valence-corrected chi connectivity index (χ2v) is 6.44. The average molecular weight is 382 g/mol. The highest BCUT2D eigenvalue weighted by atomic mass is 16.5. The Kier molecular flexibility index (Phi) is 6.53. The van der Waals surface area contributed by atoms with Gasteiger partial charge in [-0.05, 0) is 50.6 Å². The normalized spacial score (nSPS) is 12.0. The molecule has 3 aromatic rings. The number of aromatic nitrogens is 1. The molecule has 1 aromatic heterocycles. The minimum atomic E-state index is -0.147. The lowest BCUT2D eigenvalue weighted by Crippen LogP contribution is -2.26. The van der Waals surface area contributed by atoms with E-state index in [1.54, 1.807) is 0 Å². The molecule has 0 bridgehead atoms. The van der Waals surface area contributed by atoms with Crippen LogP contribution < -0.4 is 14.8 Å². The molecule has 1 heterocycles. The highest BCUT2D eigenvalue weighted by Crippen LogP contribution is 2.30. The van der Waals surface area contributed by atoms with E-state index in [4.69, 9.17) is 13.9 Å². The van der Waals surface area contributed by atoms with E-state index in [0.717, 1.165) is 16.7 Å². The summed E-state index contributed by atoms with van der Waals surface area (Å²) >= 11 is 0. The zero-order valence-electron chi connectivity index (χ0n) is 16.5. The quantitative estimate of drug-likeness (QED) is 0.592. The maximum atomic E-state index is 12.4. The van der Waals surface area contributed by atoms with Gasteiger partial charge in [0, 0.05) is 12.8 Å². The van der Waals surface area contributed by atoms with Crippen LogP contribution in [0.15, 0.2) is 46.9 Å². The number of nitrogens with zero attached hydrogens (tertiary/aromatic N) is 1. The number of nitrogens with one attached hydrogen (secondary N) is 1. The lowest BCUT2D eigenvalue weighted by atomic mass is 10.1. The number of hydrogen-bond donors (Lipinski definition) is 1. The van der Waals surface area contributed by atoms with Crippen molar-refractivity contribution in [2.75, 3.05) is 13.2 Å². The van der Waals surface area contributed by atoms with Gasteiger partial charge in [0.2, 0.25) is 5.91 Å². The molecule has 0 fully saturated rings. The van der Waals surface area contributed by atoms with Gasteiger partial charge in [-0.15, -0.1) is 0 Å². The highest BCUT2D eigenvalue weighted by molar-refractivity contribution is 5.77. The van der Waals surface area contributed by atoms with Crippen molar-refractivity contribution < 1.29 is 18.7 Å². The Morgan fingerprint density at radius 2 is 1.86 bits per heavy atom. The molecule has 6 nitrogen and oxygen atoms in total. The standard InChI is InChI=1S/C22H26N2O4/c1-4-26-19-11-10-16(14-20(19)27-5-2)15(3)23-21(25)12-13-22-24-17-8-6-7-9-18(17)28-22/h6-11,14-15H,4-5,12-13H2,1-3H3,(H,23,25)/t15-/m1/s1. The van der Waals surface area contributed by atoms with Gasteiger partial charge in [-0.25, -0.2) is 4.98 Å². The Balaban J connectivity index is 1.59. The number of oxazole rings is 1. The van der Waals surface area contributed by atoms with Crippen LogP contribution in [0.25, 0.3) is 11.1 Å². The molecule has 28 heavy (non-hydrogen) atoms. The first-order valence-electron chi connectivity index (χ1n) is 9.64. The van der Waals surface area contributed by atoms with E-state index in [1.807, 2.05) is 63.2 Å². The van der Waals surface area contributed by atoms with E-state index in [1.165, 1.54) is 0 Å². The molecule has 0 unspecified atom stereocenters. The van der Waals surface area contributed by atoms with Crippen LogP contribution in [0.4, 0.5) is 0 Å². The molecule has 1 N–H and O–H groups in total. The van der Waals surface area contributed by atoms with Crippen molar-refractivity contribution in [1.82, 2.24) is 10.3 Å². The van der Waals surface area contributed by atoms with E-state index >= 15 is 0 Å². The van der Waals surface area contributed by atoms with Crippen molar-refractivity contribution in [3.05, 3.63) is 53.9 Å². The molecule has 3 rings (SSSR count). The number of carbonyl (C=O) groups is 1. The summed E-state index contributed by atoms with van der Waals surface area (Å²) in [5.41, 5.74) is 2.51. The van der Waals surface area contributed by atoms with Crippen LogP contribution in [0, 0.1) is 0 Å². The minimum absolute atomic E-state index is 0.0541.